The highest BCUT2D eigenvalue weighted by Crippen LogP contribution is 2.50. The van der Waals surface area contributed by atoms with Crippen molar-refractivity contribution in [3.63, 3.8) is 0 Å². The molecule has 1 atom stereocenters. The largest absolute Gasteiger partial charge is 0.314 e. The van der Waals surface area contributed by atoms with Gasteiger partial charge in [-0.15, -0.1) is 0 Å². The van der Waals surface area contributed by atoms with E-state index < -0.39 is 5.41 Å². The summed E-state index contributed by atoms with van der Waals surface area (Å²) < 4.78 is 1.62. The molecule has 0 unspecified atom stereocenters. The molecule has 2 N–H and O–H groups in total. The maximum atomic E-state index is 13.2. The number of anilines is 2. The molecule has 0 fully saturated rings. The third-order valence-corrected chi connectivity index (χ3v) is 4.95. The molecule has 0 saturated heterocycles. The highest BCUT2D eigenvalue weighted by atomic mass is 16.2. The number of rotatable bonds is 1. The molecule has 7 nitrogen and oxygen atoms in total. The van der Waals surface area contributed by atoms with E-state index in [1.807, 2.05) is 38.1 Å². The van der Waals surface area contributed by atoms with Crippen molar-refractivity contribution >= 4 is 23.3 Å². The molecule has 124 valence electrons. The summed E-state index contributed by atoms with van der Waals surface area (Å²) >= 11 is 0. The summed E-state index contributed by atoms with van der Waals surface area (Å²) in [6.07, 6.45) is -0.0641. The summed E-state index contributed by atoms with van der Waals surface area (Å²) in [5.74, 6) is -0.120. The van der Waals surface area contributed by atoms with E-state index >= 15 is 0 Å². The lowest BCUT2D eigenvalue weighted by Crippen LogP contribution is -2.47. The zero-order valence-corrected chi connectivity index (χ0v) is 13.7. The van der Waals surface area contributed by atoms with Crippen LogP contribution >= 0.6 is 0 Å². The third-order valence-electron chi connectivity index (χ3n) is 4.95. The Morgan fingerprint density at radius 3 is 2.58 bits per heavy atom. The van der Waals surface area contributed by atoms with Crippen LogP contribution < -0.4 is 15.8 Å². The van der Waals surface area contributed by atoms with Gasteiger partial charge in [-0.2, -0.15) is 0 Å². The quantitative estimate of drug-likeness (QED) is 0.829. The molecule has 1 aromatic carbocycles. The van der Waals surface area contributed by atoms with Crippen molar-refractivity contribution in [2.75, 3.05) is 17.3 Å². The molecule has 2 aliphatic heterocycles. The van der Waals surface area contributed by atoms with E-state index in [1.165, 1.54) is 4.90 Å². The first kappa shape index (κ1) is 14.7. The fourth-order valence-corrected chi connectivity index (χ4v) is 3.91. The van der Waals surface area contributed by atoms with Crippen molar-refractivity contribution in [3.05, 3.63) is 45.7 Å². The minimum atomic E-state index is -1.25. The number of benzene rings is 1. The topological polar surface area (TPSA) is 87.2 Å². The van der Waals surface area contributed by atoms with Gasteiger partial charge in [0.2, 0.25) is 11.8 Å². The van der Waals surface area contributed by atoms with E-state index in [9.17, 15) is 14.4 Å². The zero-order chi connectivity index (χ0) is 17.2. The van der Waals surface area contributed by atoms with E-state index in [0.29, 0.717) is 16.9 Å². The van der Waals surface area contributed by atoms with Gasteiger partial charge in [0.05, 0.1) is 12.0 Å². The second-order valence-corrected chi connectivity index (χ2v) is 6.64. The van der Waals surface area contributed by atoms with E-state index in [0.717, 1.165) is 5.69 Å². The van der Waals surface area contributed by atoms with Gasteiger partial charge in [-0.3, -0.25) is 24.2 Å². The minimum Gasteiger partial charge on any atom is -0.314 e. The monoisotopic (exact) mass is 326 g/mol. The number of carbonyl (C=O) groups excluding carboxylic acids is 2. The molecule has 0 aliphatic carbocycles. The second kappa shape index (κ2) is 4.59. The van der Waals surface area contributed by atoms with Crippen molar-refractivity contribution in [1.82, 2.24) is 9.78 Å². The van der Waals surface area contributed by atoms with Gasteiger partial charge >= 0.3 is 0 Å². The van der Waals surface area contributed by atoms with Gasteiger partial charge in [0.1, 0.15) is 11.2 Å². The average molecular weight is 326 g/mol. The van der Waals surface area contributed by atoms with Crippen molar-refractivity contribution in [1.29, 1.82) is 0 Å². The number of aromatic amines is 1. The summed E-state index contributed by atoms with van der Waals surface area (Å²) in [6, 6.07) is 7.27. The number of hydrogen-bond donors (Lipinski definition) is 2. The zero-order valence-electron chi connectivity index (χ0n) is 13.7. The molecule has 2 aromatic rings. The summed E-state index contributed by atoms with van der Waals surface area (Å²) in [5.41, 5.74) is 0.187. The number of aromatic nitrogens is 2. The van der Waals surface area contributed by atoms with Crippen molar-refractivity contribution in [2.24, 2.45) is 0 Å². The van der Waals surface area contributed by atoms with Gasteiger partial charge in [0, 0.05) is 18.8 Å². The molecule has 1 aromatic heterocycles. The smallest absolute Gasteiger partial charge is 0.270 e. The molecule has 24 heavy (non-hydrogen) atoms. The Labute approximate surface area is 138 Å². The SMILES string of the molecule is CC(C)n1[nH]c(=O)c2c1NC(=O)C[C@@]21C(=O)N(C)c2ccccc21. The molecule has 4 rings (SSSR count). The lowest BCUT2D eigenvalue weighted by molar-refractivity contribution is -0.126. The van der Waals surface area contributed by atoms with Crippen LogP contribution in [-0.4, -0.2) is 28.6 Å². The number of para-hydroxylation sites is 1. The van der Waals surface area contributed by atoms with Crippen molar-refractivity contribution in [2.45, 2.75) is 31.7 Å². The van der Waals surface area contributed by atoms with E-state index in [2.05, 4.69) is 10.4 Å². The van der Waals surface area contributed by atoms with Crippen LogP contribution in [0.3, 0.4) is 0 Å². The van der Waals surface area contributed by atoms with E-state index in [-0.39, 0.29) is 29.8 Å². The van der Waals surface area contributed by atoms with E-state index in [4.69, 9.17) is 0 Å². The summed E-state index contributed by atoms with van der Waals surface area (Å²) in [7, 11) is 1.68. The summed E-state index contributed by atoms with van der Waals surface area (Å²) in [4.78, 5) is 39.8. The van der Waals surface area contributed by atoms with Crippen LogP contribution in [0.4, 0.5) is 11.5 Å². The maximum Gasteiger partial charge on any atom is 0.270 e. The Hall–Kier alpha value is -2.83. The lowest BCUT2D eigenvalue weighted by Gasteiger charge is -2.31. The van der Waals surface area contributed by atoms with Gasteiger partial charge in [-0.25, -0.2) is 0 Å². The van der Waals surface area contributed by atoms with Crippen LogP contribution in [0.25, 0.3) is 0 Å². The lowest BCUT2D eigenvalue weighted by atomic mass is 9.71. The first-order valence-electron chi connectivity index (χ1n) is 7.90. The van der Waals surface area contributed by atoms with Gasteiger partial charge in [0.15, 0.2) is 0 Å². The number of H-pyrrole nitrogens is 1. The molecule has 3 heterocycles. The number of nitrogens with zero attached hydrogens (tertiary/aromatic N) is 2. The number of carbonyl (C=O) groups is 2. The highest BCUT2D eigenvalue weighted by Gasteiger charge is 2.57. The van der Waals surface area contributed by atoms with Gasteiger partial charge in [0.25, 0.3) is 5.56 Å². The molecule has 0 saturated carbocycles. The Morgan fingerprint density at radius 1 is 1.17 bits per heavy atom. The Morgan fingerprint density at radius 2 is 1.88 bits per heavy atom. The highest BCUT2D eigenvalue weighted by molar-refractivity contribution is 6.15. The fraction of sp³-hybridized carbons (Fsp3) is 0.353. The second-order valence-electron chi connectivity index (χ2n) is 6.64. The predicted octanol–water partition coefficient (Wildman–Crippen LogP) is 1.36. The minimum absolute atomic E-state index is 0.0543. The van der Waals surface area contributed by atoms with Crippen LogP contribution in [0.2, 0.25) is 0 Å². The summed E-state index contributed by atoms with van der Waals surface area (Å²) in [5, 5.41) is 5.54. The normalized spacial score (nSPS) is 22.1. The Balaban J connectivity index is 2.11. The van der Waals surface area contributed by atoms with Gasteiger partial charge in [-0.05, 0) is 25.5 Å². The van der Waals surface area contributed by atoms with Crippen LogP contribution in [0.1, 0.15) is 37.4 Å². The molecular formula is C17H18N4O3. The van der Waals surface area contributed by atoms with Crippen LogP contribution in [0, 0.1) is 0 Å². The number of likely N-dealkylation sites (N-methyl/N-ethyl adjacent to an activating group) is 1. The molecule has 7 heteroatoms. The molecule has 2 aliphatic rings. The Kier molecular flexibility index (Phi) is 2.82. The first-order valence-corrected chi connectivity index (χ1v) is 7.90. The van der Waals surface area contributed by atoms with E-state index in [1.54, 1.807) is 11.7 Å². The Bertz CT molecular complexity index is 940. The molecule has 2 amide bonds. The van der Waals surface area contributed by atoms with Crippen molar-refractivity contribution < 1.29 is 9.59 Å². The predicted molar refractivity (Wildman–Crippen MR) is 89.3 cm³/mol. The van der Waals surface area contributed by atoms with Gasteiger partial charge in [-0.1, -0.05) is 18.2 Å². The number of hydrogen-bond acceptors (Lipinski definition) is 3. The molecule has 0 radical (unpaired) electrons. The van der Waals surface area contributed by atoms with Crippen LogP contribution in [0.15, 0.2) is 29.1 Å². The number of nitrogens with one attached hydrogen (secondary N) is 2. The fourth-order valence-electron chi connectivity index (χ4n) is 3.91. The molecular weight excluding hydrogens is 308 g/mol. The number of amides is 2. The summed E-state index contributed by atoms with van der Waals surface area (Å²) in [6.45, 7) is 3.81. The first-order chi connectivity index (χ1) is 11.4. The third kappa shape index (κ3) is 1.59. The van der Waals surface area contributed by atoms with Crippen LogP contribution in [0.5, 0.6) is 0 Å². The molecule has 0 bridgehead atoms. The standard InChI is InChI=1S/C17H18N4O3/c1-9(2)21-14-13(15(23)19-21)17(8-12(22)18-14)10-6-4-5-7-11(10)20(3)16(17)24/h4-7,9H,8H2,1-3H3,(H,18,22)(H,19,23)/t17-/m0/s1. The average Bonchev–Trinajstić information content (AvgIpc) is 2.98. The maximum absolute atomic E-state index is 13.2. The number of fused-ring (bicyclic) bond motifs is 4. The molecule has 1 spiro atoms. The van der Waals surface area contributed by atoms with Gasteiger partial charge < -0.3 is 10.2 Å². The van der Waals surface area contributed by atoms with Crippen molar-refractivity contribution in [3.8, 4) is 0 Å². The van der Waals surface area contributed by atoms with Crippen LogP contribution in [-0.2, 0) is 15.0 Å².